The lowest BCUT2D eigenvalue weighted by Crippen LogP contribution is -2.52. The predicted octanol–water partition coefficient (Wildman–Crippen LogP) is 1.76. The fraction of sp³-hybridized carbons (Fsp3) is 0.500. The van der Waals surface area contributed by atoms with Crippen LogP contribution in [0.4, 0.5) is 0 Å². The Labute approximate surface area is 90.6 Å². The molecule has 1 aliphatic rings. The second-order valence-electron chi connectivity index (χ2n) is 4.13. The van der Waals surface area contributed by atoms with Crippen molar-refractivity contribution in [1.82, 2.24) is 5.43 Å². The Hall–Kier alpha value is -0.900. The molecule has 1 aromatic carbocycles. The van der Waals surface area contributed by atoms with Crippen molar-refractivity contribution in [3.05, 3.63) is 35.9 Å². The summed E-state index contributed by atoms with van der Waals surface area (Å²) in [7, 11) is 1.77. The molecular weight excluding hydrogens is 188 g/mol. The Morgan fingerprint density at radius 2 is 2.00 bits per heavy atom. The summed E-state index contributed by atoms with van der Waals surface area (Å²) in [5, 5.41) is 0. The molecular formula is C12H18N2O. The fourth-order valence-electron chi connectivity index (χ4n) is 2.33. The lowest BCUT2D eigenvalue weighted by molar-refractivity contribution is -0.0999. The molecule has 3 N–H and O–H groups in total. The average molecular weight is 206 g/mol. The summed E-state index contributed by atoms with van der Waals surface area (Å²) in [5.41, 5.74) is 3.98. The van der Waals surface area contributed by atoms with Gasteiger partial charge in [-0.1, -0.05) is 30.3 Å². The van der Waals surface area contributed by atoms with E-state index in [9.17, 15) is 0 Å². The van der Waals surface area contributed by atoms with Crippen LogP contribution in [-0.4, -0.2) is 12.7 Å². The molecule has 15 heavy (non-hydrogen) atoms. The number of benzene rings is 1. The number of rotatable bonds is 4. The first-order chi connectivity index (χ1) is 7.32. The van der Waals surface area contributed by atoms with Crippen LogP contribution in [0.15, 0.2) is 30.3 Å². The molecule has 0 saturated heterocycles. The number of hydrogen-bond donors (Lipinski definition) is 2. The zero-order chi connectivity index (χ0) is 10.7. The quantitative estimate of drug-likeness (QED) is 0.583. The van der Waals surface area contributed by atoms with Crippen molar-refractivity contribution in [3.63, 3.8) is 0 Å². The minimum Gasteiger partial charge on any atom is -0.376 e. The molecule has 0 bridgehead atoms. The fourth-order valence-corrected chi connectivity index (χ4v) is 2.33. The molecule has 0 aromatic heterocycles. The Morgan fingerprint density at radius 3 is 2.40 bits per heavy atom. The van der Waals surface area contributed by atoms with E-state index in [0.717, 1.165) is 12.8 Å². The number of ether oxygens (including phenoxy) is 1. The maximum absolute atomic E-state index is 5.65. The Kier molecular flexibility index (Phi) is 3.05. The summed E-state index contributed by atoms with van der Waals surface area (Å²) in [6.07, 6.45) is 3.37. The molecule has 1 atom stereocenters. The van der Waals surface area contributed by atoms with Gasteiger partial charge in [0.25, 0.3) is 0 Å². The number of nitrogens with one attached hydrogen (secondary N) is 1. The summed E-state index contributed by atoms with van der Waals surface area (Å²) in [6, 6.07) is 10.3. The molecule has 1 unspecified atom stereocenters. The third-order valence-electron chi connectivity index (χ3n) is 3.43. The van der Waals surface area contributed by atoms with Crippen molar-refractivity contribution < 1.29 is 4.74 Å². The molecule has 1 fully saturated rings. The molecule has 0 spiro atoms. The van der Waals surface area contributed by atoms with Gasteiger partial charge < -0.3 is 4.74 Å². The summed E-state index contributed by atoms with van der Waals surface area (Å²) >= 11 is 0. The molecule has 1 aliphatic carbocycles. The van der Waals surface area contributed by atoms with Crippen molar-refractivity contribution in [2.75, 3.05) is 7.11 Å². The summed E-state index contributed by atoms with van der Waals surface area (Å²) in [4.78, 5) is 0. The highest BCUT2D eigenvalue weighted by atomic mass is 16.5. The first kappa shape index (κ1) is 10.6. The van der Waals surface area contributed by atoms with E-state index in [0.29, 0.717) is 0 Å². The molecule has 82 valence electrons. The van der Waals surface area contributed by atoms with E-state index in [1.54, 1.807) is 7.11 Å². The third kappa shape index (κ3) is 1.78. The van der Waals surface area contributed by atoms with Crippen LogP contribution in [0, 0.1) is 0 Å². The molecule has 1 saturated carbocycles. The number of nitrogens with two attached hydrogens (primary N) is 1. The van der Waals surface area contributed by atoms with E-state index >= 15 is 0 Å². The van der Waals surface area contributed by atoms with Crippen molar-refractivity contribution in [2.24, 2.45) is 5.84 Å². The van der Waals surface area contributed by atoms with Crippen LogP contribution in [0.25, 0.3) is 0 Å². The smallest absolute Gasteiger partial charge is 0.0885 e. The molecule has 3 heteroatoms. The molecule has 1 aromatic rings. The van der Waals surface area contributed by atoms with Crippen molar-refractivity contribution in [1.29, 1.82) is 0 Å². The van der Waals surface area contributed by atoms with Crippen LogP contribution in [0.5, 0.6) is 0 Å². The van der Waals surface area contributed by atoms with Gasteiger partial charge in [-0.3, -0.25) is 11.3 Å². The molecule has 3 nitrogen and oxygen atoms in total. The van der Waals surface area contributed by atoms with E-state index in [1.165, 1.54) is 12.0 Å². The molecule has 0 radical (unpaired) electrons. The van der Waals surface area contributed by atoms with E-state index < -0.39 is 0 Å². The van der Waals surface area contributed by atoms with Gasteiger partial charge in [0, 0.05) is 7.11 Å². The predicted molar refractivity (Wildman–Crippen MR) is 60.1 cm³/mol. The topological polar surface area (TPSA) is 47.3 Å². The van der Waals surface area contributed by atoms with Crippen LogP contribution >= 0.6 is 0 Å². The molecule has 0 amide bonds. The maximum Gasteiger partial charge on any atom is 0.0885 e. The lowest BCUT2D eigenvalue weighted by Gasteiger charge is -2.46. The zero-order valence-electron chi connectivity index (χ0n) is 9.07. The van der Waals surface area contributed by atoms with Crippen molar-refractivity contribution in [3.8, 4) is 0 Å². The van der Waals surface area contributed by atoms with E-state index in [4.69, 9.17) is 10.6 Å². The maximum atomic E-state index is 5.65. The molecule has 0 heterocycles. The van der Waals surface area contributed by atoms with E-state index in [-0.39, 0.29) is 11.6 Å². The Bertz CT molecular complexity index is 303. The highest BCUT2D eigenvalue weighted by Crippen LogP contribution is 2.44. The first-order valence-electron chi connectivity index (χ1n) is 5.38. The van der Waals surface area contributed by atoms with Crippen LogP contribution < -0.4 is 11.3 Å². The third-order valence-corrected chi connectivity index (χ3v) is 3.43. The van der Waals surface area contributed by atoms with Gasteiger partial charge in [0.15, 0.2) is 0 Å². The van der Waals surface area contributed by atoms with Gasteiger partial charge in [-0.25, -0.2) is 0 Å². The Balaban J connectivity index is 2.24. The Morgan fingerprint density at radius 1 is 1.33 bits per heavy atom. The van der Waals surface area contributed by atoms with Crippen LogP contribution in [-0.2, 0) is 4.74 Å². The standard InChI is InChI=1S/C12H18N2O/c1-15-12(8-5-9-12)11(14-13)10-6-3-2-4-7-10/h2-4,6-7,11,14H,5,8-9,13H2,1H3. The van der Waals surface area contributed by atoms with Gasteiger partial charge in [0.2, 0.25) is 0 Å². The normalized spacial score (nSPS) is 20.7. The second-order valence-corrected chi connectivity index (χ2v) is 4.13. The van der Waals surface area contributed by atoms with Gasteiger partial charge >= 0.3 is 0 Å². The second kappa shape index (κ2) is 4.31. The van der Waals surface area contributed by atoms with Gasteiger partial charge in [-0.05, 0) is 24.8 Å². The van der Waals surface area contributed by atoms with E-state index in [1.807, 2.05) is 18.2 Å². The minimum absolute atomic E-state index is 0.0949. The van der Waals surface area contributed by atoms with Crippen LogP contribution in [0.1, 0.15) is 30.9 Å². The van der Waals surface area contributed by atoms with Crippen molar-refractivity contribution in [2.45, 2.75) is 30.9 Å². The SMILES string of the molecule is COC1(C(NN)c2ccccc2)CCC1. The zero-order valence-corrected chi connectivity index (χ0v) is 9.07. The van der Waals surface area contributed by atoms with E-state index in [2.05, 4.69) is 17.6 Å². The van der Waals surface area contributed by atoms with Gasteiger partial charge in [-0.2, -0.15) is 0 Å². The summed E-state index contributed by atoms with van der Waals surface area (Å²) in [5.74, 6) is 5.65. The number of methoxy groups -OCH3 is 1. The monoisotopic (exact) mass is 206 g/mol. The van der Waals surface area contributed by atoms with Gasteiger partial charge in [0.1, 0.15) is 0 Å². The van der Waals surface area contributed by atoms with Gasteiger partial charge in [0.05, 0.1) is 11.6 Å². The van der Waals surface area contributed by atoms with Crippen molar-refractivity contribution >= 4 is 0 Å². The van der Waals surface area contributed by atoms with Crippen LogP contribution in [0.2, 0.25) is 0 Å². The minimum atomic E-state index is -0.101. The molecule has 0 aliphatic heterocycles. The van der Waals surface area contributed by atoms with Gasteiger partial charge in [-0.15, -0.1) is 0 Å². The van der Waals surface area contributed by atoms with Crippen LogP contribution in [0.3, 0.4) is 0 Å². The summed E-state index contributed by atoms with van der Waals surface area (Å²) < 4.78 is 5.64. The first-order valence-corrected chi connectivity index (χ1v) is 5.38. The highest BCUT2D eigenvalue weighted by Gasteiger charge is 2.44. The number of hydrazine groups is 1. The number of hydrogen-bond acceptors (Lipinski definition) is 3. The lowest BCUT2D eigenvalue weighted by atomic mass is 9.72. The molecule has 2 rings (SSSR count). The largest absolute Gasteiger partial charge is 0.376 e. The average Bonchev–Trinajstić information content (AvgIpc) is 2.24. The summed E-state index contributed by atoms with van der Waals surface area (Å²) in [6.45, 7) is 0. The highest BCUT2D eigenvalue weighted by molar-refractivity contribution is 5.23.